The zero-order chi connectivity index (χ0) is 20.3. The maximum Gasteiger partial charge on any atom is 0.212 e. The highest BCUT2D eigenvalue weighted by Crippen LogP contribution is 2.25. The van der Waals surface area contributed by atoms with Crippen LogP contribution in [0.5, 0.6) is 0 Å². The first kappa shape index (κ1) is 18.9. The maximum atomic E-state index is 5.63. The Morgan fingerprint density at radius 3 is 2.80 bits per heavy atom. The fraction of sp³-hybridized carbons (Fsp3) is 0.316. The number of nitrogens with zero attached hydrogens (tertiary/aromatic N) is 7. The van der Waals surface area contributed by atoms with Crippen LogP contribution in [0.1, 0.15) is 0 Å². The number of aromatic nitrogens is 6. The molecule has 1 saturated heterocycles. The molecule has 0 bridgehead atoms. The Morgan fingerprint density at radius 1 is 1.07 bits per heavy atom. The molecule has 0 atom stereocenters. The molecule has 1 aliphatic heterocycles. The van der Waals surface area contributed by atoms with Gasteiger partial charge < -0.3 is 15.8 Å². The Morgan fingerprint density at radius 2 is 1.97 bits per heavy atom. The van der Waals surface area contributed by atoms with Crippen LogP contribution >= 0.6 is 11.3 Å². The van der Waals surface area contributed by atoms with Crippen LogP contribution in [-0.2, 0) is 11.3 Å². The van der Waals surface area contributed by atoms with Crippen LogP contribution in [0.4, 0.5) is 16.1 Å². The van der Waals surface area contributed by atoms with E-state index in [2.05, 4.69) is 41.7 Å². The second-order valence-corrected chi connectivity index (χ2v) is 7.98. The van der Waals surface area contributed by atoms with Crippen LogP contribution in [0.2, 0.25) is 0 Å². The summed E-state index contributed by atoms with van der Waals surface area (Å²) in [6.45, 7) is 5.39. The number of hydrogen-bond acceptors (Lipinski definition) is 10. The van der Waals surface area contributed by atoms with Gasteiger partial charge in [-0.2, -0.15) is 5.10 Å². The van der Waals surface area contributed by atoms with Gasteiger partial charge in [0.05, 0.1) is 37.0 Å². The number of hydrogen-bond donors (Lipinski definition) is 2. The van der Waals surface area contributed by atoms with Crippen molar-refractivity contribution >= 4 is 38.5 Å². The van der Waals surface area contributed by atoms with Gasteiger partial charge in [0.2, 0.25) is 10.3 Å². The summed E-state index contributed by atoms with van der Waals surface area (Å²) in [4.78, 5) is 11.6. The molecule has 0 aromatic carbocycles. The first-order valence-electron chi connectivity index (χ1n) is 9.69. The lowest BCUT2D eigenvalue weighted by Gasteiger charge is -2.26. The van der Waals surface area contributed by atoms with E-state index >= 15 is 0 Å². The normalized spacial score (nSPS) is 14.9. The van der Waals surface area contributed by atoms with Gasteiger partial charge >= 0.3 is 0 Å². The van der Waals surface area contributed by atoms with E-state index in [1.807, 2.05) is 35.3 Å². The zero-order valence-electron chi connectivity index (χ0n) is 16.2. The predicted octanol–water partition coefficient (Wildman–Crippen LogP) is 2.00. The van der Waals surface area contributed by atoms with Crippen molar-refractivity contribution in [2.24, 2.45) is 0 Å². The van der Waals surface area contributed by atoms with E-state index in [1.54, 1.807) is 0 Å². The van der Waals surface area contributed by atoms with E-state index in [4.69, 9.17) is 10.5 Å². The molecule has 0 saturated carbocycles. The maximum absolute atomic E-state index is 5.63. The van der Waals surface area contributed by atoms with Gasteiger partial charge in [-0.25, -0.2) is 4.98 Å². The number of rotatable bonds is 6. The summed E-state index contributed by atoms with van der Waals surface area (Å²) in [5.74, 6) is 0.666. The van der Waals surface area contributed by atoms with Gasteiger partial charge in [0.1, 0.15) is 5.82 Å². The van der Waals surface area contributed by atoms with Crippen molar-refractivity contribution in [3.8, 4) is 11.1 Å². The molecule has 5 rings (SSSR count). The number of pyridine rings is 2. The molecule has 154 valence electrons. The van der Waals surface area contributed by atoms with Gasteiger partial charge in [-0.15, -0.1) is 10.2 Å². The molecule has 5 heterocycles. The monoisotopic (exact) mass is 423 g/mol. The smallest absolute Gasteiger partial charge is 0.212 e. The molecule has 1 aliphatic rings. The van der Waals surface area contributed by atoms with Crippen molar-refractivity contribution in [1.82, 2.24) is 34.8 Å². The number of nitrogens with two attached hydrogens (primary N) is 1. The molecule has 0 spiro atoms. The average molecular weight is 424 g/mol. The fourth-order valence-corrected chi connectivity index (χ4v) is 3.85. The Balaban J connectivity index is 1.32. The number of nitrogens with one attached hydrogen (secondary N) is 1. The van der Waals surface area contributed by atoms with Crippen molar-refractivity contribution in [1.29, 1.82) is 0 Å². The molecule has 0 aliphatic carbocycles. The number of anilines is 3. The standard InChI is InChI=1S/C19H21N9OS/c20-18-25-26-19(30-18)24-17-2-1-15-16(23-17)9-13(10-21-15)14-11-22-28(12-14)4-3-27-5-7-29-8-6-27/h1-2,9-12H,3-8H2,(H2,20,25)(H,23,24,26). The third-order valence-corrected chi connectivity index (χ3v) is 5.60. The van der Waals surface area contributed by atoms with E-state index in [0.29, 0.717) is 16.1 Å². The van der Waals surface area contributed by atoms with Crippen molar-refractivity contribution < 1.29 is 4.74 Å². The summed E-state index contributed by atoms with van der Waals surface area (Å²) < 4.78 is 7.37. The molecule has 4 aromatic heterocycles. The van der Waals surface area contributed by atoms with E-state index in [0.717, 1.165) is 61.6 Å². The summed E-state index contributed by atoms with van der Waals surface area (Å²) >= 11 is 1.27. The molecule has 30 heavy (non-hydrogen) atoms. The summed E-state index contributed by atoms with van der Waals surface area (Å²) in [5.41, 5.74) is 9.23. The molecule has 10 nitrogen and oxygen atoms in total. The van der Waals surface area contributed by atoms with E-state index in [9.17, 15) is 0 Å². The topological polar surface area (TPSA) is 120 Å². The molecule has 0 unspecified atom stereocenters. The largest absolute Gasteiger partial charge is 0.379 e. The van der Waals surface area contributed by atoms with Crippen molar-refractivity contribution in [2.75, 3.05) is 43.9 Å². The number of fused-ring (bicyclic) bond motifs is 1. The van der Waals surface area contributed by atoms with Gasteiger partial charge in [0.25, 0.3) is 0 Å². The van der Waals surface area contributed by atoms with Crippen LogP contribution in [-0.4, -0.2) is 67.7 Å². The summed E-state index contributed by atoms with van der Waals surface area (Å²) in [6.07, 6.45) is 5.77. The molecule has 4 aromatic rings. The number of morpholine rings is 1. The average Bonchev–Trinajstić information content (AvgIpc) is 3.41. The number of ether oxygens (including phenoxy) is 1. The third kappa shape index (κ3) is 4.22. The highest BCUT2D eigenvalue weighted by molar-refractivity contribution is 7.18. The second kappa shape index (κ2) is 8.30. The molecule has 3 N–H and O–H groups in total. The Hall–Kier alpha value is -3.15. The summed E-state index contributed by atoms with van der Waals surface area (Å²) in [6, 6.07) is 5.80. The van der Waals surface area contributed by atoms with Gasteiger partial charge in [-0.1, -0.05) is 11.3 Å². The minimum atomic E-state index is 0.410. The Labute approximate surface area is 176 Å². The minimum Gasteiger partial charge on any atom is -0.379 e. The highest BCUT2D eigenvalue weighted by atomic mass is 32.1. The van der Waals surface area contributed by atoms with Crippen molar-refractivity contribution in [3.05, 3.63) is 36.8 Å². The summed E-state index contributed by atoms with van der Waals surface area (Å²) in [5, 5.41) is 16.4. The first-order chi connectivity index (χ1) is 14.7. The van der Waals surface area contributed by atoms with Gasteiger partial charge in [-0.3, -0.25) is 14.6 Å². The lowest BCUT2D eigenvalue weighted by molar-refractivity contribution is 0.0360. The summed E-state index contributed by atoms with van der Waals surface area (Å²) in [7, 11) is 0. The van der Waals surface area contributed by atoms with E-state index in [1.165, 1.54) is 11.3 Å². The highest BCUT2D eigenvalue weighted by Gasteiger charge is 2.11. The molecule has 1 fully saturated rings. The van der Waals surface area contributed by atoms with Crippen LogP contribution in [0.3, 0.4) is 0 Å². The lowest BCUT2D eigenvalue weighted by atomic mass is 10.1. The van der Waals surface area contributed by atoms with Crippen molar-refractivity contribution in [2.45, 2.75) is 6.54 Å². The second-order valence-electron chi connectivity index (χ2n) is 6.98. The predicted molar refractivity (Wildman–Crippen MR) is 116 cm³/mol. The molecular weight excluding hydrogens is 402 g/mol. The first-order valence-corrected chi connectivity index (χ1v) is 10.5. The van der Waals surface area contributed by atoms with E-state index < -0.39 is 0 Å². The van der Waals surface area contributed by atoms with Gasteiger partial charge in [0.15, 0.2) is 0 Å². The molecular formula is C19H21N9OS. The minimum absolute atomic E-state index is 0.410. The molecule has 0 amide bonds. The Bertz CT molecular complexity index is 1150. The van der Waals surface area contributed by atoms with E-state index in [-0.39, 0.29) is 0 Å². The quantitative estimate of drug-likeness (QED) is 0.480. The zero-order valence-corrected chi connectivity index (χ0v) is 17.0. The number of nitrogen functional groups attached to an aromatic ring is 1. The SMILES string of the molecule is Nc1nnc(Nc2ccc3ncc(-c4cnn(CCN5CCOCC5)c4)cc3n2)s1. The van der Waals surface area contributed by atoms with Crippen molar-refractivity contribution in [3.63, 3.8) is 0 Å². The Kier molecular flexibility index (Phi) is 5.22. The fourth-order valence-electron chi connectivity index (χ4n) is 3.33. The lowest BCUT2D eigenvalue weighted by Crippen LogP contribution is -2.38. The van der Waals surface area contributed by atoms with Crippen LogP contribution in [0.25, 0.3) is 22.2 Å². The van der Waals surface area contributed by atoms with Gasteiger partial charge in [0, 0.05) is 43.2 Å². The molecule has 0 radical (unpaired) electrons. The van der Waals surface area contributed by atoms with Crippen LogP contribution < -0.4 is 11.1 Å². The molecule has 11 heteroatoms. The third-order valence-electron chi connectivity index (χ3n) is 4.93. The van der Waals surface area contributed by atoms with Crippen LogP contribution in [0.15, 0.2) is 36.8 Å². The van der Waals surface area contributed by atoms with Crippen LogP contribution in [0, 0.1) is 0 Å². The van der Waals surface area contributed by atoms with Gasteiger partial charge in [-0.05, 0) is 18.2 Å².